The van der Waals surface area contributed by atoms with Gasteiger partial charge in [0.05, 0.1) is 24.0 Å². The van der Waals surface area contributed by atoms with Gasteiger partial charge in [-0.2, -0.15) is 0 Å². The van der Waals surface area contributed by atoms with Crippen LogP contribution in [-0.4, -0.2) is 36.9 Å². The second-order valence-corrected chi connectivity index (χ2v) is 10.9. The van der Waals surface area contributed by atoms with Gasteiger partial charge in [0.1, 0.15) is 12.4 Å². The van der Waals surface area contributed by atoms with Gasteiger partial charge in [-0.25, -0.2) is 4.79 Å². The van der Waals surface area contributed by atoms with Crippen molar-refractivity contribution in [1.82, 2.24) is 0 Å². The second kappa shape index (κ2) is 12.2. The van der Waals surface area contributed by atoms with Gasteiger partial charge in [0.25, 0.3) is 0 Å². The summed E-state index contributed by atoms with van der Waals surface area (Å²) in [7, 11) is 0. The maximum absolute atomic E-state index is 12.8. The molecule has 4 rings (SSSR count). The summed E-state index contributed by atoms with van der Waals surface area (Å²) in [6.45, 7) is 10.3. The van der Waals surface area contributed by atoms with Crippen LogP contribution in [0.1, 0.15) is 61.0 Å². The van der Waals surface area contributed by atoms with Gasteiger partial charge in [-0.05, 0) is 91.3 Å². The lowest BCUT2D eigenvalue weighted by Crippen LogP contribution is -2.43. The van der Waals surface area contributed by atoms with Gasteiger partial charge in [-0.15, -0.1) is 6.58 Å². The molecule has 2 aromatic carbocycles. The van der Waals surface area contributed by atoms with Crippen LogP contribution in [0.2, 0.25) is 5.02 Å². The van der Waals surface area contributed by atoms with Gasteiger partial charge in [-0.3, -0.25) is 0 Å². The Bertz CT molecular complexity index is 1070. The van der Waals surface area contributed by atoms with E-state index in [2.05, 4.69) is 11.5 Å². The number of ether oxygens (including phenoxy) is 2. The van der Waals surface area contributed by atoms with Gasteiger partial charge in [0.2, 0.25) is 0 Å². The predicted octanol–water partition coefficient (Wildman–Crippen LogP) is 6.45. The highest BCUT2D eigenvalue weighted by molar-refractivity contribution is 6.30. The highest BCUT2D eigenvalue weighted by Crippen LogP contribution is 2.40. The number of benzene rings is 2. The van der Waals surface area contributed by atoms with Gasteiger partial charge < -0.3 is 19.5 Å². The number of esters is 1. The van der Waals surface area contributed by atoms with E-state index >= 15 is 0 Å². The summed E-state index contributed by atoms with van der Waals surface area (Å²) in [4.78, 5) is 15.1. The number of nitrogens with zero attached hydrogens (tertiary/aromatic N) is 1. The summed E-state index contributed by atoms with van der Waals surface area (Å²) < 4.78 is 11.9. The summed E-state index contributed by atoms with van der Waals surface area (Å²) in [5, 5.41) is 11.1. The Morgan fingerprint density at radius 2 is 2.06 bits per heavy atom. The number of hydrogen-bond donors (Lipinski definition) is 1. The van der Waals surface area contributed by atoms with E-state index in [9.17, 15) is 9.90 Å². The first kappa shape index (κ1) is 26.6. The molecule has 2 aromatic rings. The first-order chi connectivity index (χ1) is 17.4. The van der Waals surface area contributed by atoms with E-state index in [1.54, 1.807) is 12.1 Å². The number of aliphatic hydroxyl groups is 1. The molecular weight excluding hydrogens is 474 g/mol. The Balaban J connectivity index is 1.64. The highest BCUT2D eigenvalue weighted by Gasteiger charge is 2.36. The number of carbonyl (C=O) groups is 1. The first-order valence-corrected chi connectivity index (χ1v) is 13.5. The summed E-state index contributed by atoms with van der Waals surface area (Å²) in [5.41, 5.74) is 3.79. The van der Waals surface area contributed by atoms with E-state index in [1.165, 1.54) is 5.56 Å². The third-order valence-electron chi connectivity index (χ3n) is 7.37. The van der Waals surface area contributed by atoms with Crippen LogP contribution in [0, 0.1) is 17.8 Å². The van der Waals surface area contributed by atoms with E-state index in [0.29, 0.717) is 24.7 Å². The fourth-order valence-corrected chi connectivity index (χ4v) is 5.31. The number of fused-ring (bicyclic) bond motifs is 2. The van der Waals surface area contributed by atoms with Crippen LogP contribution >= 0.6 is 11.6 Å². The van der Waals surface area contributed by atoms with Crippen LogP contribution in [0.25, 0.3) is 0 Å². The maximum atomic E-state index is 12.8. The molecule has 1 saturated carbocycles. The van der Waals surface area contributed by atoms with Gasteiger partial charge in [0.15, 0.2) is 0 Å². The molecule has 0 bridgehead atoms. The Hall–Kier alpha value is -2.50. The fourth-order valence-electron chi connectivity index (χ4n) is 5.12. The van der Waals surface area contributed by atoms with Crippen molar-refractivity contribution in [3.63, 3.8) is 0 Å². The molecule has 1 heterocycles. The molecule has 1 N–H and O–H groups in total. The number of hydrogen-bond acceptors (Lipinski definition) is 5. The van der Waals surface area contributed by atoms with E-state index in [-0.39, 0.29) is 17.8 Å². The molecule has 0 radical (unpaired) electrons. The van der Waals surface area contributed by atoms with Crippen molar-refractivity contribution >= 4 is 23.3 Å². The van der Waals surface area contributed by atoms with Crippen LogP contribution in [0.4, 0.5) is 5.69 Å². The molecule has 0 aromatic heterocycles. The quantitative estimate of drug-likeness (QED) is 0.342. The molecule has 1 fully saturated rings. The molecule has 1 aliphatic carbocycles. The number of carbonyl (C=O) groups excluding carboxylic acids is 1. The van der Waals surface area contributed by atoms with Gasteiger partial charge in [-0.1, -0.05) is 37.6 Å². The van der Waals surface area contributed by atoms with E-state index in [0.717, 1.165) is 67.2 Å². The molecule has 0 saturated heterocycles. The Morgan fingerprint density at radius 1 is 1.22 bits per heavy atom. The normalized spacial score (nSPS) is 20.8. The van der Waals surface area contributed by atoms with Crippen molar-refractivity contribution in [1.29, 1.82) is 0 Å². The number of aliphatic hydroxyl groups excluding tert-OH is 1. The molecule has 194 valence electrons. The van der Waals surface area contributed by atoms with Crippen molar-refractivity contribution in [2.75, 3.05) is 24.6 Å². The third-order valence-corrected chi connectivity index (χ3v) is 7.61. The number of anilines is 1. The van der Waals surface area contributed by atoms with E-state index in [4.69, 9.17) is 21.1 Å². The zero-order chi connectivity index (χ0) is 25.7. The Labute approximate surface area is 220 Å². The lowest BCUT2D eigenvalue weighted by molar-refractivity contribution is 0.0459. The Morgan fingerprint density at radius 3 is 2.78 bits per heavy atom. The van der Waals surface area contributed by atoms with Crippen LogP contribution in [0.15, 0.2) is 49.1 Å². The molecule has 6 heteroatoms. The summed E-state index contributed by atoms with van der Waals surface area (Å²) in [6, 6.07) is 11.6. The first-order valence-electron chi connectivity index (χ1n) is 13.1. The molecule has 0 amide bonds. The van der Waals surface area contributed by atoms with Crippen LogP contribution in [0.5, 0.6) is 5.75 Å². The molecule has 36 heavy (non-hydrogen) atoms. The zero-order valence-corrected chi connectivity index (χ0v) is 22.2. The summed E-state index contributed by atoms with van der Waals surface area (Å²) >= 11 is 6.28. The fraction of sp³-hybridized carbons (Fsp3) is 0.500. The maximum Gasteiger partial charge on any atom is 0.338 e. The minimum Gasteiger partial charge on any atom is -0.487 e. The highest BCUT2D eigenvalue weighted by atomic mass is 35.5. The van der Waals surface area contributed by atoms with Crippen molar-refractivity contribution < 1.29 is 19.4 Å². The minimum absolute atomic E-state index is 0.218. The zero-order valence-electron chi connectivity index (χ0n) is 21.4. The standard InChI is InChI=1S/C30H38ClNO4/c1-4-28(33)26-12-9-23(26)17-32-14-6-5-7-21-15-25(31)11-8-24(21)19-35-29-13-10-22(16-27(29)32)30(34)36-18-20(2)3/h4,8,10-11,13,15-16,20,23,26,28,33H,1,5-7,9,12,14,17-19H2,2-3H3/t23-,26+,28+/m0/s1. The molecule has 5 nitrogen and oxygen atoms in total. The molecule has 0 spiro atoms. The van der Waals surface area contributed by atoms with Crippen LogP contribution in [0.3, 0.4) is 0 Å². The van der Waals surface area contributed by atoms with Gasteiger partial charge >= 0.3 is 5.97 Å². The molecule has 3 atom stereocenters. The average molecular weight is 512 g/mol. The topological polar surface area (TPSA) is 59.0 Å². The monoisotopic (exact) mass is 511 g/mol. The van der Waals surface area contributed by atoms with E-state index in [1.807, 2.05) is 44.2 Å². The molecule has 1 aliphatic heterocycles. The molecular formula is C30H38ClNO4. The lowest BCUT2D eigenvalue weighted by atomic mass is 9.70. The van der Waals surface area contributed by atoms with Crippen molar-refractivity contribution in [2.45, 2.75) is 58.7 Å². The number of rotatable bonds is 7. The number of aryl methyl sites for hydroxylation is 1. The smallest absolute Gasteiger partial charge is 0.338 e. The van der Waals surface area contributed by atoms with Crippen LogP contribution in [-0.2, 0) is 17.8 Å². The third kappa shape index (κ3) is 6.43. The summed E-state index contributed by atoms with van der Waals surface area (Å²) in [5.74, 6) is 1.29. The minimum atomic E-state index is -0.486. The van der Waals surface area contributed by atoms with Crippen molar-refractivity contribution in [2.24, 2.45) is 17.8 Å². The summed E-state index contributed by atoms with van der Waals surface area (Å²) in [6.07, 6.45) is 6.20. The molecule has 2 aliphatic rings. The predicted molar refractivity (Wildman–Crippen MR) is 145 cm³/mol. The van der Waals surface area contributed by atoms with Gasteiger partial charge in [0, 0.05) is 18.1 Å². The SMILES string of the molecule is C=C[C@@H](O)[C@@H]1CC[C@H]1CN1CCCCc2cc(Cl)ccc2COc2ccc(C(=O)OCC(C)C)cc21. The van der Waals surface area contributed by atoms with Crippen LogP contribution < -0.4 is 9.64 Å². The average Bonchev–Trinajstić information content (AvgIpc) is 2.88. The lowest BCUT2D eigenvalue weighted by Gasteiger charge is -2.42. The van der Waals surface area contributed by atoms with Crippen molar-refractivity contribution in [3.05, 3.63) is 70.8 Å². The Kier molecular flexibility index (Phi) is 8.97. The van der Waals surface area contributed by atoms with Crippen molar-refractivity contribution in [3.8, 4) is 5.75 Å². The molecule has 0 unspecified atom stereocenters. The van der Waals surface area contributed by atoms with E-state index < -0.39 is 6.10 Å². The largest absolute Gasteiger partial charge is 0.487 e. The number of halogens is 1. The second-order valence-electron chi connectivity index (χ2n) is 10.5.